The normalized spacial score (nSPS) is 19.8. The summed E-state index contributed by atoms with van der Waals surface area (Å²) in [6.07, 6.45) is 9.24. The van der Waals surface area contributed by atoms with E-state index in [1.165, 1.54) is 0 Å². The summed E-state index contributed by atoms with van der Waals surface area (Å²) in [6.45, 7) is 2.81. The van der Waals surface area contributed by atoms with Crippen LogP contribution in [0.1, 0.15) is 37.7 Å². The minimum Gasteiger partial charge on any atom is -0.497 e. The van der Waals surface area contributed by atoms with Crippen LogP contribution in [-0.4, -0.2) is 54.9 Å². The predicted octanol–water partition coefficient (Wildman–Crippen LogP) is 3.05. The Morgan fingerprint density at radius 1 is 1.04 bits per heavy atom. The van der Waals surface area contributed by atoms with Gasteiger partial charge in [-0.15, -0.1) is 0 Å². The first-order chi connectivity index (χ1) is 13.2. The number of aryl methyl sites for hydroxylation is 1. The Balaban J connectivity index is 1.44. The maximum atomic E-state index is 12.6. The van der Waals surface area contributed by atoms with Crippen molar-refractivity contribution in [1.82, 2.24) is 9.80 Å². The molecular weight excluding hydrogens is 340 g/mol. The van der Waals surface area contributed by atoms with Crippen molar-refractivity contribution in [2.24, 2.45) is 5.92 Å². The first kappa shape index (κ1) is 19.5. The van der Waals surface area contributed by atoms with Crippen LogP contribution in [-0.2, 0) is 16.0 Å². The number of nitrogens with zero attached hydrogens (tertiary/aromatic N) is 2. The van der Waals surface area contributed by atoms with Crippen molar-refractivity contribution in [1.29, 1.82) is 0 Å². The van der Waals surface area contributed by atoms with Crippen LogP contribution in [0.15, 0.2) is 36.4 Å². The molecule has 0 N–H and O–H groups in total. The van der Waals surface area contributed by atoms with Gasteiger partial charge in [-0.1, -0.05) is 24.3 Å². The van der Waals surface area contributed by atoms with Crippen LogP contribution in [0.3, 0.4) is 0 Å². The van der Waals surface area contributed by atoms with Gasteiger partial charge in [0.2, 0.25) is 11.8 Å². The molecule has 0 saturated carbocycles. The molecule has 1 aliphatic carbocycles. The van der Waals surface area contributed by atoms with E-state index in [0.29, 0.717) is 31.8 Å². The number of hydrogen-bond donors (Lipinski definition) is 0. The fourth-order valence-corrected chi connectivity index (χ4v) is 3.84. The zero-order chi connectivity index (χ0) is 19.1. The molecule has 0 aromatic heterocycles. The van der Waals surface area contributed by atoms with E-state index >= 15 is 0 Å². The van der Waals surface area contributed by atoms with Crippen molar-refractivity contribution in [3.63, 3.8) is 0 Å². The quantitative estimate of drug-likeness (QED) is 0.723. The number of amides is 2. The van der Waals surface area contributed by atoms with Crippen LogP contribution < -0.4 is 4.74 Å². The molecule has 1 unspecified atom stereocenters. The topological polar surface area (TPSA) is 49.9 Å². The number of benzene rings is 1. The highest BCUT2D eigenvalue weighted by molar-refractivity contribution is 5.78. The molecule has 5 nitrogen and oxygen atoms in total. The standard InChI is InChI=1S/C22H30N2O3/c1-27-20-10-7-18(8-11-20)9-12-21(25)23-13-4-14-24(16-15-23)22(26)17-19-5-2-3-6-19/h2,5,7-8,10-11,19H,3-4,6,9,12-17H2,1H3. The zero-order valence-corrected chi connectivity index (χ0v) is 16.2. The number of hydrogen-bond acceptors (Lipinski definition) is 3. The van der Waals surface area contributed by atoms with Crippen molar-refractivity contribution in [3.05, 3.63) is 42.0 Å². The van der Waals surface area contributed by atoms with Gasteiger partial charge in [0.15, 0.2) is 0 Å². The average Bonchev–Trinajstić information content (AvgIpc) is 3.07. The summed E-state index contributed by atoms with van der Waals surface area (Å²) in [5.74, 6) is 1.65. The third-order valence-corrected chi connectivity index (χ3v) is 5.54. The van der Waals surface area contributed by atoms with Crippen LogP contribution in [0.4, 0.5) is 0 Å². The Morgan fingerprint density at radius 3 is 2.37 bits per heavy atom. The van der Waals surface area contributed by atoms with Gasteiger partial charge in [0, 0.05) is 39.0 Å². The Morgan fingerprint density at radius 2 is 1.74 bits per heavy atom. The molecule has 27 heavy (non-hydrogen) atoms. The highest BCUT2D eigenvalue weighted by Gasteiger charge is 2.23. The van der Waals surface area contributed by atoms with Gasteiger partial charge in [0.05, 0.1) is 7.11 Å². The van der Waals surface area contributed by atoms with E-state index in [-0.39, 0.29) is 11.8 Å². The van der Waals surface area contributed by atoms with Crippen LogP contribution in [0.5, 0.6) is 5.75 Å². The lowest BCUT2D eigenvalue weighted by molar-refractivity contribution is -0.133. The zero-order valence-electron chi connectivity index (χ0n) is 16.2. The van der Waals surface area contributed by atoms with Crippen LogP contribution in [0.25, 0.3) is 0 Å². The summed E-state index contributed by atoms with van der Waals surface area (Å²) < 4.78 is 5.16. The van der Waals surface area contributed by atoms with Gasteiger partial charge in [0.1, 0.15) is 5.75 Å². The Labute approximate surface area is 162 Å². The SMILES string of the molecule is COc1ccc(CCC(=O)N2CCCN(C(=O)CC3C=CCC3)CC2)cc1. The molecule has 2 aliphatic rings. The molecular formula is C22H30N2O3. The Bertz CT molecular complexity index is 669. The average molecular weight is 370 g/mol. The van der Waals surface area contributed by atoms with E-state index in [2.05, 4.69) is 12.2 Å². The number of allylic oxidation sites excluding steroid dienone is 2. The summed E-state index contributed by atoms with van der Waals surface area (Å²) >= 11 is 0. The van der Waals surface area contributed by atoms with Crippen LogP contribution in [0.2, 0.25) is 0 Å². The lowest BCUT2D eigenvalue weighted by atomic mass is 10.0. The lowest BCUT2D eigenvalue weighted by Gasteiger charge is -2.23. The van der Waals surface area contributed by atoms with E-state index in [1.54, 1.807) is 7.11 Å². The predicted molar refractivity (Wildman–Crippen MR) is 106 cm³/mol. The molecule has 1 fully saturated rings. The van der Waals surface area contributed by atoms with Crippen LogP contribution >= 0.6 is 0 Å². The Hall–Kier alpha value is -2.30. The minimum absolute atomic E-state index is 0.179. The number of rotatable bonds is 6. The maximum absolute atomic E-state index is 12.6. The number of carbonyl (C=O) groups excluding carboxylic acids is 2. The molecule has 1 atom stereocenters. The highest BCUT2D eigenvalue weighted by Crippen LogP contribution is 2.21. The largest absolute Gasteiger partial charge is 0.497 e. The molecule has 0 spiro atoms. The molecule has 1 aliphatic heterocycles. The van der Waals surface area contributed by atoms with Gasteiger partial charge in [-0.3, -0.25) is 9.59 Å². The van der Waals surface area contributed by atoms with Crippen molar-refractivity contribution < 1.29 is 14.3 Å². The van der Waals surface area contributed by atoms with Gasteiger partial charge >= 0.3 is 0 Å². The van der Waals surface area contributed by atoms with E-state index in [4.69, 9.17) is 4.74 Å². The second kappa shape index (κ2) is 9.58. The molecule has 0 bridgehead atoms. The molecule has 2 amide bonds. The smallest absolute Gasteiger partial charge is 0.223 e. The lowest BCUT2D eigenvalue weighted by Crippen LogP contribution is -2.37. The van der Waals surface area contributed by atoms with E-state index in [0.717, 1.165) is 50.1 Å². The van der Waals surface area contributed by atoms with Gasteiger partial charge in [-0.05, 0) is 49.3 Å². The fraction of sp³-hybridized carbons (Fsp3) is 0.545. The number of carbonyl (C=O) groups is 2. The van der Waals surface area contributed by atoms with Gasteiger partial charge in [-0.2, -0.15) is 0 Å². The molecule has 146 valence electrons. The third-order valence-electron chi connectivity index (χ3n) is 5.54. The van der Waals surface area contributed by atoms with Crippen molar-refractivity contribution in [2.45, 2.75) is 38.5 Å². The highest BCUT2D eigenvalue weighted by atomic mass is 16.5. The number of methoxy groups -OCH3 is 1. The molecule has 5 heteroatoms. The van der Waals surface area contributed by atoms with E-state index in [1.807, 2.05) is 34.1 Å². The van der Waals surface area contributed by atoms with E-state index in [9.17, 15) is 9.59 Å². The molecule has 3 rings (SSSR count). The second-order valence-electron chi connectivity index (χ2n) is 7.43. The van der Waals surface area contributed by atoms with Crippen molar-refractivity contribution in [3.8, 4) is 5.75 Å². The summed E-state index contributed by atoms with van der Waals surface area (Å²) in [6, 6.07) is 7.86. The summed E-state index contributed by atoms with van der Waals surface area (Å²) in [5.41, 5.74) is 1.14. The molecule has 1 saturated heterocycles. The summed E-state index contributed by atoms with van der Waals surface area (Å²) in [7, 11) is 1.65. The summed E-state index contributed by atoms with van der Waals surface area (Å²) in [4.78, 5) is 29.0. The minimum atomic E-state index is 0.179. The first-order valence-corrected chi connectivity index (χ1v) is 10.0. The van der Waals surface area contributed by atoms with Crippen LogP contribution in [0, 0.1) is 5.92 Å². The van der Waals surface area contributed by atoms with Crippen molar-refractivity contribution in [2.75, 3.05) is 33.3 Å². The van der Waals surface area contributed by atoms with Gasteiger partial charge < -0.3 is 14.5 Å². The third kappa shape index (κ3) is 5.59. The molecule has 1 heterocycles. The summed E-state index contributed by atoms with van der Waals surface area (Å²) in [5, 5.41) is 0. The first-order valence-electron chi connectivity index (χ1n) is 10.0. The maximum Gasteiger partial charge on any atom is 0.223 e. The molecule has 1 aromatic carbocycles. The number of ether oxygens (including phenoxy) is 1. The van der Waals surface area contributed by atoms with Gasteiger partial charge in [0.25, 0.3) is 0 Å². The fourth-order valence-electron chi connectivity index (χ4n) is 3.84. The van der Waals surface area contributed by atoms with E-state index < -0.39 is 0 Å². The molecule has 0 radical (unpaired) electrons. The second-order valence-corrected chi connectivity index (χ2v) is 7.43. The molecule has 1 aromatic rings. The van der Waals surface area contributed by atoms with Gasteiger partial charge in [-0.25, -0.2) is 0 Å². The monoisotopic (exact) mass is 370 g/mol. The Kier molecular flexibility index (Phi) is 6.91. The van der Waals surface area contributed by atoms with Crippen molar-refractivity contribution >= 4 is 11.8 Å².